The molecule has 6 nitrogen and oxygen atoms in total. The summed E-state index contributed by atoms with van der Waals surface area (Å²) in [5, 5.41) is 10.7. The number of fused-ring (bicyclic) bond motifs is 1. The zero-order valence-corrected chi connectivity index (χ0v) is 19.5. The van der Waals surface area contributed by atoms with Gasteiger partial charge in [0.15, 0.2) is 0 Å². The maximum atomic E-state index is 13.1. The van der Waals surface area contributed by atoms with Crippen LogP contribution < -0.4 is 4.90 Å². The highest BCUT2D eigenvalue weighted by Crippen LogP contribution is 2.43. The quantitative estimate of drug-likeness (QED) is 0.464. The van der Waals surface area contributed by atoms with Crippen LogP contribution in [0.5, 0.6) is 0 Å². The van der Waals surface area contributed by atoms with Crippen LogP contribution >= 0.6 is 23.5 Å². The number of rotatable bonds is 5. The Morgan fingerprint density at radius 2 is 1.94 bits per heavy atom. The average molecular weight is 466 g/mol. The smallest absolute Gasteiger partial charge is 0.338 e. The number of thioether (sulfide) groups is 2. The molecule has 0 aromatic heterocycles. The van der Waals surface area contributed by atoms with Gasteiger partial charge in [-0.25, -0.2) is 4.79 Å². The maximum absolute atomic E-state index is 13.1. The van der Waals surface area contributed by atoms with Crippen molar-refractivity contribution < 1.29 is 14.3 Å². The molecule has 4 rings (SSSR count). The van der Waals surface area contributed by atoms with E-state index in [4.69, 9.17) is 4.74 Å². The van der Waals surface area contributed by atoms with Crippen LogP contribution in [0.3, 0.4) is 0 Å². The van der Waals surface area contributed by atoms with Gasteiger partial charge in [0.05, 0.1) is 41.4 Å². The van der Waals surface area contributed by atoms with Crippen LogP contribution in [0.2, 0.25) is 0 Å². The summed E-state index contributed by atoms with van der Waals surface area (Å²) >= 11 is 3.17. The number of carbonyl (C=O) groups excluding carboxylic acids is 2. The van der Waals surface area contributed by atoms with Gasteiger partial charge < -0.3 is 9.64 Å². The van der Waals surface area contributed by atoms with Crippen molar-refractivity contribution in [2.24, 2.45) is 0 Å². The standard InChI is InChI=1S/C24H23N3O3S2/c1-3-30-24(29)17-4-8-18(9-5-17)26-14-27-22(28)12-20(21(13-25)23(27)32-15-26)16-6-10-19(31-2)11-7-16/h4-11,20H,3,12,14-15H2,1-2H3/t20-/m0/s1. The van der Waals surface area contributed by atoms with E-state index < -0.39 is 0 Å². The van der Waals surface area contributed by atoms with Crippen molar-refractivity contribution in [3.8, 4) is 6.07 Å². The largest absolute Gasteiger partial charge is 0.462 e. The van der Waals surface area contributed by atoms with Crippen molar-refractivity contribution >= 4 is 41.1 Å². The summed E-state index contributed by atoms with van der Waals surface area (Å²) in [6.07, 6.45) is 2.30. The number of nitriles is 1. The third-order valence-electron chi connectivity index (χ3n) is 5.56. The Hall–Kier alpha value is -2.89. The van der Waals surface area contributed by atoms with Gasteiger partial charge in [-0.15, -0.1) is 11.8 Å². The van der Waals surface area contributed by atoms with Gasteiger partial charge in [0.25, 0.3) is 0 Å². The Morgan fingerprint density at radius 1 is 1.22 bits per heavy atom. The second-order valence-corrected chi connectivity index (χ2v) is 9.22. The molecule has 0 unspecified atom stereocenters. The van der Waals surface area contributed by atoms with E-state index in [1.165, 1.54) is 11.8 Å². The van der Waals surface area contributed by atoms with E-state index >= 15 is 0 Å². The van der Waals surface area contributed by atoms with E-state index in [0.717, 1.165) is 21.2 Å². The summed E-state index contributed by atoms with van der Waals surface area (Å²) in [6, 6.07) is 17.7. The lowest BCUT2D eigenvalue weighted by Crippen LogP contribution is -2.47. The third kappa shape index (κ3) is 4.36. The summed E-state index contributed by atoms with van der Waals surface area (Å²) in [7, 11) is 0. The number of anilines is 1. The Bertz CT molecular complexity index is 1090. The topological polar surface area (TPSA) is 73.6 Å². The van der Waals surface area contributed by atoms with Crippen molar-refractivity contribution in [3.05, 3.63) is 70.3 Å². The van der Waals surface area contributed by atoms with Crippen LogP contribution in [0, 0.1) is 11.3 Å². The van der Waals surface area contributed by atoms with Crippen molar-refractivity contribution in [2.75, 3.05) is 30.3 Å². The van der Waals surface area contributed by atoms with Crippen molar-refractivity contribution in [1.29, 1.82) is 5.26 Å². The molecule has 2 heterocycles. The fourth-order valence-corrected chi connectivity index (χ4v) is 5.45. The first kappa shape index (κ1) is 22.3. The molecule has 1 fully saturated rings. The second kappa shape index (κ2) is 9.72. The molecule has 2 aromatic rings. The lowest BCUT2D eigenvalue weighted by Gasteiger charge is -2.42. The monoisotopic (exact) mass is 465 g/mol. The van der Waals surface area contributed by atoms with Crippen molar-refractivity contribution in [3.63, 3.8) is 0 Å². The molecule has 164 valence electrons. The molecule has 32 heavy (non-hydrogen) atoms. The molecule has 2 aliphatic rings. The number of allylic oxidation sites excluding steroid dienone is 1. The van der Waals surface area contributed by atoms with Crippen LogP contribution in [0.25, 0.3) is 0 Å². The van der Waals surface area contributed by atoms with E-state index in [0.29, 0.717) is 30.3 Å². The fraction of sp³-hybridized carbons (Fsp3) is 0.292. The summed E-state index contributed by atoms with van der Waals surface area (Å²) in [6.45, 7) is 2.49. The SMILES string of the molecule is CCOC(=O)c1ccc(N2CSC3=C(C#N)[C@H](c4ccc(SC)cc4)CC(=O)N3C2)cc1. The van der Waals surface area contributed by atoms with E-state index in [1.807, 2.05) is 42.7 Å². The molecule has 8 heteroatoms. The first-order valence-corrected chi connectivity index (χ1v) is 12.5. The number of carbonyl (C=O) groups is 2. The summed E-state index contributed by atoms with van der Waals surface area (Å²) in [4.78, 5) is 29.9. The van der Waals surface area contributed by atoms with Crippen LogP contribution in [0.15, 0.2) is 64.0 Å². The second-order valence-electron chi connectivity index (χ2n) is 7.40. The molecule has 1 saturated heterocycles. The zero-order valence-electron chi connectivity index (χ0n) is 17.9. The zero-order chi connectivity index (χ0) is 22.7. The minimum absolute atomic E-state index is 0.0123. The highest BCUT2D eigenvalue weighted by Gasteiger charge is 2.38. The van der Waals surface area contributed by atoms with Crippen LogP contribution in [-0.2, 0) is 9.53 Å². The molecule has 0 radical (unpaired) electrons. The number of amides is 1. The molecule has 0 N–H and O–H groups in total. The number of hydrogen-bond donors (Lipinski definition) is 0. The lowest BCUT2D eigenvalue weighted by atomic mass is 9.86. The molecule has 1 amide bonds. The average Bonchev–Trinajstić information content (AvgIpc) is 2.84. The van der Waals surface area contributed by atoms with Crippen molar-refractivity contribution in [2.45, 2.75) is 24.2 Å². The Balaban J connectivity index is 1.56. The number of esters is 1. The Labute approximate surface area is 196 Å². The Morgan fingerprint density at radius 3 is 2.56 bits per heavy atom. The van der Waals surface area contributed by atoms with E-state index in [1.54, 1.807) is 35.7 Å². The molecular weight excluding hydrogens is 442 g/mol. The third-order valence-corrected chi connectivity index (χ3v) is 7.45. The molecular formula is C24H23N3O3S2. The first-order valence-electron chi connectivity index (χ1n) is 10.3. The van der Waals surface area contributed by atoms with E-state index in [2.05, 4.69) is 11.0 Å². The highest BCUT2D eigenvalue weighted by atomic mass is 32.2. The molecule has 1 atom stereocenters. The summed E-state index contributed by atoms with van der Waals surface area (Å²) in [5.41, 5.74) is 3.06. The van der Waals surface area contributed by atoms with Gasteiger partial charge in [-0.3, -0.25) is 9.69 Å². The number of benzene rings is 2. The predicted molar refractivity (Wildman–Crippen MR) is 127 cm³/mol. The number of nitrogens with zero attached hydrogens (tertiary/aromatic N) is 3. The molecule has 0 aliphatic carbocycles. The van der Waals surface area contributed by atoms with Gasteiger partial charge in [-0.2, -0.15) is 5.26 Å². The molecule has 2 aromatic carbocycles. The fourth-order valence-electron chi connectivity index (χ4n) is 3.87. The minimum Gasteiger partial charge on any atom is -0.462 e. The number of hydrogen-bond acceptors (Lipinski definition) is 7. The first-order chi connectivity index (χ1) is 15.5. The molecule has 2 aliphatic heterocycles. The van der Waals surface area contributed by atoms with Crippen LogP contribution in [-0.4, -0.2) is 42.2 Å². The van der Waals surface area contributed by atoms with E-state index in [-0.39, 0.29) is 24.2 Å². The summed E-state index contributed by atoms with van der Waals surface area (Å²) < 4.78 is 5.03. The van der Waals surface area contributed by atoms with Crippen LogP contribution in [0.1, 0.15) is 35.2 Å². The van der Waals surface area contributed by atoms with Gasteiger partial charge in [0.1, 0.15) is 0 Å². The normalized spacial score (nSPS) is 18.3. The maximum Gasteiger partial charge on any atom is 0.338 e. The van der Waals surface area contributed by atoms with Gasteiger partial charge in [-0.1, -0.05) is 23.9 Å². The molecule has 0 saturated carbocycles. The lowest BCUT2D eigenvalue weighted by molar-refractivity contribution is -0.129. The molecule has 0 spiro atoms. The Kier molecular flexibility index (Phi) is 6.77. The summed E-state index contributed by atoms with van der Waals surface area (Å²) in [5.74, 6) is 0.0656. The minimum atomic E-state index is -0.348. The van der Waals surface area contributed by atoms with E-state index in [9.17, 15) is 14.9 Å². The van der Waals surface area contributed by atoms with Crippen LogP contribution in [0.4, 0.5) is 5.69 Å². The van der Waals surface area contributed by atoms with Crippen molar-refractivity contribution in [1.82, 2.24) is 4.90 Å². The predicted octanol–water partition coefficient (Wildman–Crippen LogP) is 4.80. The van der Waals surface area contributed by atoms with Gasteiger partial charge in [-0.05, 0) is 55.1 Å². The molecule has 0 bridgehead atoms. The highest BCUT2D eigenvalue weighted by molar-refractivity contribution is 8.03. The van der Waals surface area contributed by atoms with Gasteiger partial charge in [0.2, 0.25) is 5.91 Å². The number of ether oxygens (including phenoxy) is 1. The van der Waals surface area contributed by atoms with Gasteiger partial charge >= 0.3 is 5.97 Å². The van der Waals surface area contributed by atoms with Gasteiger partial charge in [0, 0.05) is 22.9 Å².